The smallest absolute Gasteiger partial charge is 0.117 e. The van der Waals surface area contributed by atoms with Crippen LogP contribution < -0.4 is 5.32 Å². The molecule has 19 heavy (non-hydrogen) atoms. The van der Waals surface area contributed by atoms with E-state index in [2.05, 4.69) is 29.1 Å². The van der Waals surface area contributed by atoms with Gasteiger partial charge in [0.15, 0.2) is 0 Å². The summed E-state index contributed by atoms with van der Waals surface area (Å²) in [6.07, 6.45) is 4.45. The molecule has 0 saturated carbocycles. The van der Waals surface area contributed by atoms with Crippen molar-refractivity contribution in [3.63, 3.8) is 0 Å². The van der Waals surface area contributed by atoms with Crippen LogP contribution in [-0.2, 0) is 6.54 Å². The molecule has 1 fully saturated rings. The number of nitrogens with one attached hydrogen (secondary N) is 1. The predicted octanol–water partition coefficient (Wildman–Crippen LogP) is 1.79. The zero-order valence-corrected chi connectivity index (χ0v) is 12.3. The van der Waals surface area contributed by atoms with Gasteiger partial charge < -0.3 is 14.6 Å². The molecule has 0 spiro atoms. The number of furan rings is 1. The number of hydrogen-bond acceptors (Lipinski definition) is 4. The maximum Gasteiger partial charge on any atom is 0.117 e. The second-order valence-electron chi connectivity index (χ2n) is 5.44. The monoisotopic (exact) mass is 265 g/mol. The fourth-order valence-electron chi connectivity index (χ4n) is 2.86. The van der Waals surface area contributed by atoms with Crippen LogP contribution in [0, 0.1) is 0 Å². The molecule has 0 amide bonds. The molecule has 1 aliphatic heterocycles. The molecular weight excluding hydrogens is 238 g/mol. The summed E-state index contributed by atoms with van der Waals surface area (Å²) in [5, 5.41) is 3.42. The number of nitrogens with zero attached hydrogens (tertiary/aromatic N) is 2. The zero-order chi connectivity index (χ0) is 13.5. The van der Waals surface area contributed by atoms with Crippen molar-refractivity contribution in [2.24, 2.45) is 0 Å². The summed E-state index contributed by atoms with van der Waals surface area (Å²) in [5.41, 5.74) is 0. The van der Waals surface area contributed by atoms with Gasteiger partial charge in [-0.3, -0.25) is 4.90 Å². The van der Waals surface area contributed by atoms with Gasteiger partial charge in [-0.2, -0.15) is 0 Å². The third-order valence-corrected chi connectivity index (χ3v) is 3.98. The van der Waals surface area contributed by atoms with E-state index in [0.29, 0.717) is 0 Å². The van der Waals surface area contributed by atoms with Gasteiger partial charge in [-0.15, -0.1) is 0 Å². The lowest BCUT2D eigenvalue weighted by Crippen LogP contribution is -2.40. The van der Waals surface area contributed by atoms with Crippen molar-refractivity contribution in [1.82, 2.24) is 15.1 Å². The van der Waals surface area contributed by atoms with Crippen molar-refractivity contribution in [3.05, 3.63) is 24.2 Å². The first-order valence-corrected chi connectivity index (χ1v) is 7.45. The molecule has 1 atom stereocenters. The van der Waals surface area contributed by atoms with Crippen LogP contribution in [0.3, 0.4) is 0 Å². The second kappa shape index (κ2) is 7.68. The molecule has 1 aliphatic rings. The predicted molar refractivity (Wildman–Crippen MR) is 78.2 cm³/mol. The Morgan fingerprint density at radius 1 is 1.53 bits per heavy atom. The molecule has 1 aromatic rings. The van der Waals surface area contributed by atoms with Gasteiger partial charge in [0.25, 0.3) is 0 Å². The Hall–Kier alpha value is -0.840. The van der Waals surface area contributed by atoms with E-state index in [-0.39, 0.29) is 0 Å². The minimum Gasteiger partial charge on any atom is -0.468 e. The summed E-state index contributed by atoms with van der Waals surface area (Å²) >= 11 is 0. The second-order valence-corrected chi connectivity index (χ2v) is 5.44. The summed E-state index contributed by atoms with van der Waals surface area (Å²) in [6, 6.07) is 4.71. The molecule has 2 heterocycles. The van der Waals surface area contributed by atoms with Gasteiger partial charge in [-0.05, 0) is 45.1 Å². The summed E-state index contributed by atoms with van der Waals surface area (Å²) < 4.78 is 5.29. The van der Waals surface area contributed by atoms with Crippen molar-refractivity contribution in [2.75, 3.05) is 39.8 Å². The van der Waals surface area contributed by atoms with Crippen LogP contribution in [0.5, 0.6) is 0 Å². The van der Waals surface area contributed by atoms with E-state index < -0.39 is 0 Å². The van der Waals surface area contributed by atoms with Crippen LogP contribution in [0.2, 0.25) is 0 Å². The lowest BCUT2D eigenvalue weighted by atomic mass is 10.2. The highest BCUT2D eigenvalue weighted by Crippen LogP contribution is 2.16. The van der Waals surface area contributed by atoms with E-state index in [0.717, 1.165) is 31.4 Å². The number of hydrogen-bond donors (Lipinski definition) is 1. The Bertz CT molecular complexity index is 339. The third kappa shape index (κ3) is 4.64. The molecule has 1 unspecified atom stereocenters. The fourth-order valence-corrected chi connectivity index (χ4v) is 2.86. The van der Waals surface area contributed by atoms with E-state index in [4.69, 9.17) is 4.42 Å². The maximum absolute atomic E-state index is 5.29. The molecule has 1 aromatic heterocycles. The summed E-state index contributed by atoms with van der Waals surface area (Å²) in [5.74, 6) is 1.01. The normalized spacial score (nSPS) is 20.5. The summed E-state index contributed by atoms with van der Waals surface area (Å²) in [4.78, 5) is 5.04. The molecule has 0 aromatic carbocycles. The van der Waals surface area contributed by atoms with Crippen LogP contribution in [0.1, 0.15) is 25.5 Å². The van der Waals surface area contributed by atoms with Crippen molar-refractivity contribution < 1.29 is 4.42 Å². The van der Waals surface area contributed by atoms with Gasteiger partial charge >= 0.3 is 0 Å². The molecule has 0 radical (unpaired) electrons. The van der Waals surface area contributed by atoms with Crippen molar-refractivity contribution in [2.45, 2.75) is 32.4 Å². The lowest BCUT2D eigenvalue weighted by molar-refractivity contribution is 0.198. The first-order chi connectivity index (χ1) is 9.29. The molecule has 4 nitrogen and oxygen atoms in total. The first kappa shape index (κ1) is 14.6. The SMILES string of the molecule is CCN1CCCC1CN(C)CCNCc1ccco1. The quantitative estimate of drug-likeness (QED) is 0.726. The first-order valence-electron chi connectivity index (χ1n) is 7.45. The molecule has 0 bridgehead atoms. The Kier molecular flexibility index (Phi) is 5.89. The minimum atomic E-state index is 0.764. The number of likely N-dealkylation sites (tertiary alicyclic amines) is 1. The molecule has 2 rings (SSSR count). The van der Waals surface area contributed by atoms with Crippen molar-refractivity contribution >= 4 is 0 Å². The summed E-state index contributed by atoms with van der Waals surface area (Å²) in [7, 11) is 2.22. The van der Waals surface area contributed by atoms with Gasteiger partial charge in [-0.25, -0.2) is 0 Å². The zero-order valence-electron chi connectivity index (χ0n) is 12.3. The Labute approximate surface area is 116 Å². The number of likely N-dealkylation sites (N-methyl/N-ethyl adjacent to an activating group) is 2. The molecular formula is C15H27N3O. The molecule has 1 saturated heterocycles. The maximum atomic E-state index is 5.29. The van der Waals surface area contributed by atoms with Crippen LogP contribution >= 0.6 is 0 Å². The van der Waals surface area contributed by atoms with E-state index in [1.807, 2.05) is 12.1 Å². The third-order valence-electron chi connectivity index (χ3n) is 3.98. The van der Waals surface area contributed by atoms with Gasteiger partial charge in [0.1, 0.15) is 5.76 Å². The Balaban J connectivity index is 1.58. The van der Waals surface area contributed by atoms with Crippen molar-refractivity contribution in [1.29, 1.82) is 0 Å². The van der Waals surface area contributed by atoms with Crippen molar-refractivity contribution in [3.8, 4) is 0 Å². The van der Waals surface area contributed by atoms with Gasteiger partial charge in [0.05, 0.1) is 12.8 Å². The van der Waals surface area contributed by atoms with Gasteiger partial charge in [0, 0.05) is 25.7 Å². The largest absolute Gasteiger partial charge is 0.468 e. The Morgan fingerprint density at radius 3 is 3.16 bits per heavy atom. The van der Waals surface area contributed by atoms with E-state index in [1.54, 1.807) is 6.26 Å². The average Bonchev–Trinajstić information content (AvgIpc) is 3.05. The molecule has 0 aliphatic carbocycles. The van der Waals surface area contributed by atoms with Crippen LogP contribution in [0.25, 0.3) is 0 Å². The molecule has 4 heteroatoms. The van der Waals surface area contributed by atoms with Crippen LogP contribution in [0.15, 0.2) is 22.8 Å². The molecule has 1 N–H and O–H groups in total. The van der Waals surface area contributed by atoms with E-state index >= 15 is 0 Å². The lowest BCUT2D eigenvalue weighted by Gasteiger charge is -2.27. The number of rotatable bonds is 8. The highest BCUT2D eigenvalue weighted by atomic mass is 16.3. The van der Waals surface area contributed by atoms with Crippen LogP contribution in [0.4, 0.5) is 0 Å². The van der Waals surface area contributed by atoms with E-state index in [1.165, 1.54) is 32.5 Å². The standard InChI is InChI=1S/C15H27N3O/c1-3-18-9-4-6-14(18)13-17(2)10-8-16-12-15-7-5-11-19-15/h5,7,11,14,16H,3-4,6,8-10,12-13H2,1-2H3. The summed E-state index contributed by atoms with van der Waals surface area (Å²) in [6.45, 7) is 8.86. The topological polar surface area (TPSA) is 31.6 Å². The minimum absolute atomic E-state index is 0.764. The highest BCUT2D eigenvalue weighted by molar-refractivity contribution is 4.97. The van der Waals surface area contributed by atoms with E-state index in [9.17, 15) is 0 Å². The highest BCUT2D eigenvalue weighted by Gasteiger charge is 2.23. The Morgan fingerprint density at radius 2 is 2.42 bits per heavy atom. The molecule has 108 valence electrons. The van der Waals surface area contributed by atoms with Gasteiger partial charge in [0.2, 0.25) is 0 Å². The van der Waals surface area contributed by atoms with Gasteiger partial charge in [-0.1, -0.05) is 6.92 Å². The average molecular weight is 265 g/mol. The van der Waals surface area contributed by atoms with Crippen LogP contribution in [-0.4, -0.2) is 55.6 Å². The fraction of sp³-hybridized carbons (Fsp3) is 0.733.